The van der Waals surface area contributed by atoms with Gasteiger partial charge in [-0.15, -0.1) is 11.3 Å². The summed E-state index contributed by atoms with van der Waals surface area (Å²) in [5.41, 5.74) is -0.153. The Labute approximate surface area is 111 Å². The third-order valence-corrected chi connectivity index (χ3v) is 4.01. The lowest BCUT2D eigenvalue weighted by atomic mass is 9.98. The number of aliphatic hydroxyl groups is 1. The maximum atomic E-state index is 12.4. The molecule has 106 valence electrons. The number of thiazole rings is 1. The molecule has 0 aromatic carbocycles. The van der Waals surface area contributed by atoms with Crippen LogP contribution in [0.2, 0.25) is 0 Å². The number of alkyl halides is 3. The highest BCUT2D eigenvalue weighted by atomic mass is 32.1. The van der Waals surface area contributed by atoms with Crippen molar-refractivity contribution in [3.8, 4) is 0 Å². The molecule has 0 spiro atoms. The van der Waals surface area contributed by atoms with Crippen LogP contribution in [-0.4, -0.2) is 40.6 Å². The summed E-state index contributed by atoms with van der Waals surface area (Å²) < 4.78 is 37.2. The standard InChI is InChI=1S/C11H13F3N2O2S/c12-11(13,14)10-15-8(6-19-10)9(18)16-3-1-7(5-17)2-4-16/h6-7,17H,1-5H2. The second kappa shape index (κ2) is 5.46. The minimum atomic E-state index is -4.51. The summed E-state index contributed by atoms with van der Waals surface area (Å²) >= 11 is 0.430. The van der Waals surface area contributed by atoms with E-state index in [-0.39, 0.29) is 18.2 Å². The van der Waals surface area contributed by atoms with Crippen molar-refractivity contribution in [1.82, 2.24) is 9.88 Å². The van der Waals surface area contributed by atoms with Crippen LogP contribution in [-0.2, 0) is 6.18 Å². The first-order valence-electron chi connectivity index (χ1n) is 5.84. The lowest BCUT2D eigenvalue weighted by Crippen LogP contribution is -2.39. The fourth-order valence-electron chi connectivity index (χ4n) is 1.98. The van der Waals surface area contributed by atoms with Crippen molar-refractivity contribution in [2.45, 2.75) is 19.0 Å². The third kappa shape index (κ3) is 3.24. The fourth-order valence-corrected chi connectivity index (χ4v) is 2.64. The molecule has 1 saturated heterocycles. The van der Waals surface area contributed by atoms with Gasteiger partial charge in [0.05, 0.1) is 0 Å². The van der Waals surface area contributed by atoms with E-state index < -0.39 is 17.1 Å². The summed E-state index contributed by atoms with van der Waals surface area (Å²) in [6.45, 7) is 0.975. The van der Waals surface area contributed by atoms with E-state index in [4.69, 9.17) is 5.11 Å². The van der Waals surface area contributed by atoms with Gasteiger partial charge in [-0.25, -0.2) is 4.98 Å². The fraction of sp³-hybridized carbons (Fsp3) is 0.636. The largest absolute Gasteiger partial charge is 0.443 e. The first-order chi connectivity index (χ1) is 8.91. The molecule has 8 heteroatoms. The Hall–Kier alpha value is -1.15. The van der Waals surface area contributed by atoms with Crippen molar-refractivity contribution in [2.24, 2.45) is 5.92 Å². The summed E-state index contributed by atoms with van der Waals surface area (Å²) in [6, 6.07) is 0. The minimum Gasteiger partial charge on any atom is -0.396 e. The Bertz CT molecular complexity index is 453. The Morgan fingerprint density at radius 3 is 2.58 bits per heavy atom. The maximum absolute atomic E-state index is 12.4. The Balaban J connectivity index is 2.02. The van der Waals surface area contributed by atoms with Crippen LogP contribution in [0.4, 0.5) is 13.2 Å². The topological polar surface area (TPSA) is 53.4 Å². The molecule has 1 aromatic rings. The van der Waals surface area contributed by atoms with E-state index in [1.165, 1.54) is 4.90 Å². The SMILES string of the molecule is O=C(c1csc(C(F)(F)F)n1)N1CCC(CO)CC1. The highest BCUT2D eigenvalue weighted by Crippen LogP contribution is 2.32. The zero-order valence-electron chi connectivity index (χ0n) is 9.98. The lowest BCUT2D eigenvalue weighted by molar-refractivity contribution is -0.137. The van der Waals surface area contributed by atoms with Crippen LogP contribution >= 0.6 is 11.3 Å². The zero-order valence-corrected chi connectivity index (χ0v) is 10.8. The van der Waals surface area contributed by atoms with Crippen molar-refractivity contribution in [2.75, 3.05) is 19.7 Å². The molecule has 2 rings (SSSR count). The average molecular weight is 294 g/mol. The van der Waals surface area contributed by atoms with E-state index in [1.807, 2.05) is 0 Å². The minimum absolute atomic E-state index is 0.0803. The number of carbonyl (C=O) groups excluding carboxylic acids is 1. The number of aromatic nitrogens is 1. The Kier molecular flexibility index (Phi) is 4.10. The maximum Gasteiger partial charge on any atom is 0.443 e. The Morgan fingerprint density at radius 2 is 2.11 bits per heavy atom. The van der Waals surface area contributed by atoms with Gasteiger partial charge in [0.2, 0.25) is 0 Å². The molecular weight excluding hydrogens is 281 g/mol. The number of likely N-dealkylation sites (tertiary alicyclic amines) is 1. The van der Waals surface area contributed by atoms with Gasteiger partial charge in [-0.05, 0) is 18.8 Å². The van der Waals surface area contributed by atoms with Gasteiger partial charge in [0.15, 0.2) is 5.01 Å². The van der Waals surface area contributed by atoms with E-state index in [0.717, 1.165) is 5.38 Å². The molecule has 1 aromatic heterocycles. The first kappa shape index (κ1) is 14.3. The van der Waals surface area contributed by atoms with E-state index in [2.05, 4.69) is 4.98 Å². The van der Waals surface area contributed by atoms with Crippen LogP contribution in [0.5, 0.6) is 0 Å². The van der Waals surface area contributed by atoms with Crippen molar-refractivity contribution >= 4 is 17.2 Å². The van der Waals surface area contributed by atoms with Gasteiger partial charge in [-0.3, -0.25) is 4.79 Å². The molecule has 0 radical (unpaired) electrons. The first-order valence-corrected chi connectivity index (χ1v) is 6.72. The molecular formula is C11H13F3N2O2S. The molecule has 4 nitrogen and oxygen atoms in total. The molecule has 19 heavy (non-hydrogen) atoms. The van der Waals surface area contributed by atoms with Crippen molar-refractivity contribution in [1.29, 1.82) is 0 Å². The van der Waals surface area contributed by atoms with Gasteiger partial charge >= 0.3 is 6.18 Å². The van der Waals surface area contributed by atoms with Gasteiger partial charge in [-0.2, -0.15) is 13.2 Å². The number of aliphatic hydroxyl groups excluding tert-OH is 1. The summed E-state index contributed by atoms with van der Waals surface area (Å²) in [5.74, 6) is -0.298. The number of nitrogens with zero attached hydrogens (tertiary/aromatic N) is 2. The highest BCUT2D eigenvalue weighted by Gasteiger charge is 2.36. The smallest absolute Gasteiger partial charge is 0.396 e. The van der Waals surface area contributed by atoms with Crippen molar-refractivity contribution in [3.05, 3.63) is 16.1 Å². The number of hydrogen-bond donors (Lipinski definition) is 1. The van der Waals surface area contributed by atoms with E-state index in [0.29, 0.717) is 37.3 Å². The average Bonchev–Trinajstić information content (AvgIpc) is 2.87. The second-order valence-corrected chi connectivity index (χ2v) is 5.31. The summed E-state index contributed by atoms with van der Waals surface area (Å²) in [4.78, 5) is 16.8. The quantitative estimate of drug-likeness (QED) is 0.907. The molecule has 1 amide bonds. The number of carbonyl (C=O) groups is 1. The van der Waals surface area contributed by atoms with Crippen LogP contribution in [0.1, 0.15) is 28.3 Å². The predicted octanol–water partition coefficient (Wildman–Crippen LogP) is 2.01. The second-order valence-electron chi connectivity index (χ2n) is 4.45. The molecule has 0 bridgehead atoms. The molecule has 0 atom stereocenters. The lowest BCUT2D eigenvalue weighted by Gasteiger charge is -2.30. The monoisotopic (exact) mass is 294 g/mol. The van der Waals surface area contributed by atoms with Crippen LogP contribution in [0.25, 0.3) is 0 Å². The molecule has 0 aliphatic carbocycles. The van der Waals surface area contributed by atoms with Gasteiger partial charge in [-0.1, -0.05) is 0 Å². The number of halogens is 3. The number of piperidine rings is 1. The molecule has 1 N–H and O–H groups in total. The van der Waals surface area contributed by atoms with Crippen LogP contribution in [0, 0.1) is 5.92 Å². The molecule has 0 unspecified atom stereocenters. The highest BCUT2D eigenvalue weighted by molar-refractivity contribution is 7.09. The Morgan fingerprint density at radius 1 is 1.47 bits per heavy atom. The normalized spacial score (nSPS) is 17.8. The molecule has 1 fully saturated rings. The van der Waals surface area contributed by atoms with Crippen LogP contribution in [0.15, 0.2) is 5.38 Å². The van der Waals surface area contributed by atoms with Gasteiger partial charge < -0.3 is 10.0 Å². The summed E-state index contributed by atoms with van der Waals surface area (Å²) in [7, 11) is 0. The number of hydrogen-bond acceptors (Lipinski definition) is 4. The van der Waals surface area contributed by atoms with Crippen molar-refractivity contribution < 1.29 is 23.1 Å². The summed E-state index contributed by atoms with van der Waals surface area (Å²) in [5, 5.41) is 9.13. The summed E-state index contributed by atoms with van der Waals surface area (Å²) in [6.07, 6.45) is -3.18. The van der Waals surface area contributed by atoms with E-state index in [1.54, 1.807) is 0 Å². The number of amides is 1. The molecule has 0 saturated carbocycles. The molecule has 1 aliphatic rings. The number of rotatable bonds is 2. The molecule has 1 aliphatic heterocycles. The van der Waals surface area contributed by atoms with Crippen LogP contribution in [0.3, 0.4) is 0 Å². The van der Waals surface area contributed by atoms with E-state index in [9.17, 15) is 18.0 Å². The zero-order chi connectivity index (χ0) is 14.0. The predicted molar refractivity (Wildman–Crippen MR) is 62.8 cm³/mol. The van der Waals surface area contributed by atoms with Crippen molar-refractivity contribution in [3.63, 3.8) is 0 Å². The van der Waals surface area contributed by atoms with Gasteiger partial charge in [0.25, 0.3) is 5.91 Å². The third-order valence-electron chi connectivity index (χ3n) is 3.13. The van der Waals surface area contributed by atoms with Gasteiger partial charge in [0, 0.05) is 25.1 Å². The molecule has 2 heterocycles. The van der Waals surface area contributed by atoms with E-state index >= 15 is 0 Å². The van der Waals surface area contributed by atoms with Gasteiger partial charge in [0.1, 0.15) is 5.69 Å². The van der Waals surface area contributed by atoms with Crippen LogP contribution < -0.4 is 0 Å².